The Kier molecular flexibility index (Phi) is 6.57. The minimum Gasteiger partial charge on any atom is -0.462 e. The first kappa shape index (κ1) is 14.4. The fraction of sp³-hybridized carbons (Fsp3) is 0.818. The molecule has 0 unspecified atom stereocenters. The van der Waals surface area contributed by atoms with Crippen molar-refractivity contribution >= 4 is 22.8 Å². The minimum atomic E-state index is -0.502. The molecule has 3 nitrogen and oxygen atoms in total. The van der Waals surface area contributed by atoms with Gasteiger partial charge in [-0.3, -0.25) is 9.59 Å². The van der Waals surface area contributed by atoms with Crippen molar-refractivity contribution in [2.75, 3.05) is 0 Å². The molecule has 0 atom stereocenters. The lowest BCUT2D eigenvalue weighted by molar-refractivity contribution is -0.154. The summed E-state index contributed by atoms with van der Waals surface area (Å²) >= 11 is 5.14. The van der Waals surface area contributed by atoms with Crippen LogP contribution < -0.4 is 0 Å². The zero-order valence-electron chi connectivity index (χ0n) is 9.75. The van der Waals surface area contributed by atoms with E-state index in [1.54, 1.807) is 0 Å². The molecule has 0 N–H and O–H groups in total. The summed E-state index contributed by atoms with van der Waals surface area (Å²) in [4.78, 5) is 21.8. The van der Waals surface area contributed by atoms with Gasteiger partial charge in [0.15, 0.2) is 0 Å². The van der Waals surface area contributed by atoms with Crippen LogP contribution in [0.3, 0.4) is 0 Å². The van der Waals surface area contributed by atoms with Crippen LogP contribution in [0, 0.1) is 11.8 Å². The van der Waals surface area contributed by atoms with Gasteiger partial charge in [0.25, 0.3) is 0 Å². The first-order valence-corrected chi connectivity index (χ1v) is 5.60. The average molecular weight is 235 g/mol. The molecule has 4 heteroatoms. The van der Waals surface area contributed by atoms with E-state index < -0.39 is 5.24 Å². The molecule has 0 bridgehead atoms. The van der Waals surface area contributed by atoms with Gasteiger partial charge in [-0.25, -0.2) is 0 Å². The van der Waals surface area contributed by atoms with Gasteiger partial charge in [0, 0.05) is 6.42 Å². The van der Waals surface area contributed by atoms with Crippen LogP contribution in [0.4, 0.5) is 0 Å². The molecule has 0 heterocycles. The maximum atomic E-state index is 11.3. The van der Waals surface area contributed by atoms with E-state index in [1.165, 1.54) is 0 Å². The Morgan fingerprint density at radius 1 is 1.07 bits per heavy atom. The molecule has 0 rings (SSSR count). The molecule has 0 aromatic rings. The molecular formula is C11H19ClO3. The lowest BCUT2D eigenvalue weighted by atomic mass is 9.96. The number of hydrogen-bond acceptors (Lipinski definition) is 3. The Bertz CT molecular complexity index is 216. The fourth-order valence-corrected chi connectivity index (χ4v) is 1.55. The predicted octanol–water partition coefficient (Wildman–Crippen LogP) is 2.76. The zero-order chi connectivity index (χ0) is 12.0. The van der Waals surface area contributed by atoms with E-state index in [9.17, 15) is 9.59 Å². The molecule has 0 aliphatic carbocycles. The summed E-state index contributed by atoms with van der Waals surface area (Å²) in [5.74, 6) is 0.206. The Hall–Kier alpha value is -0.570. The minimum absolute atomic E-state index is 0.0449. The molecule has 15 heavy (non-hydrogen) atoms. The van der Waals surface area contributed by atoms with Gasteiger partial charge in [-0.15, -0.1) is 0 Å². The van der Waals surface area contributed by atoms with Gasteiger partial charge in [0.2, 0.25) is 5.24 Å². The zero-order valence-corrected chi connectivity index (χ0v) is 10.5. The fourth-order valence-electron chi connectivity index (χ4n) is 1.45. The van der Waals surface area contributed by atoms with Crippen LogP contribution >= 0.6 is 11.6 Å². The highest BCUT2D eigenvalue weighted by Gasteiger charge is 2.21. The number of halogens is 1. The standard InChI is InChI=1S/C11H19ClO3/c1-7(2)11(8(3)4)15-10(14)6-5-9(12)13/h7-8,11H,5-6H2,1-4H3. The first-order valence-electron chi connectivity index (χ1n) is 5.22. The third-order valence-electron chi connectivity index (χ3n) is 2.11. The molecule has 0 saturated carbocycles. The van der Waals surface area contributed by atoms with Crippen LogP contribution in [-0.2, 0) is 14.3 Å². The van der Waals surface area contributed by atoms with E-state index in [-0.39, 0.29) is 36.8 Å². The Morgan fingerprint density at radius 3 is 1.87 bits per heavy atom. The van der Waals surface area contributed by atoms with Crippen LogP contribution in [0.25, 0.3) is 0 Å². The topological polar surface area (TPSA) is 43.4 Å². The second kappa shape index (κ2) is 6.83. The SMILES string of the molecule is CC(C)C(OC(=O)CCC(=O)Cl)C(C)C. The van der Waals surface area contributed by atoms with Crippen LogP contribution in [0.5, 0.6) is 0 Å². The second-order valence-electron chi connectivity index (χ2n) is 4.30. The third kappa shape index (κ3) is 6.50. The Labute approximate surface area is 96.1 Å². The lowest BCUT2D eigenvalue weighted by Crippen LogP contribution is -2.28. The maximum Gasteiger partial charge on any atom is 0.306 e. The van der Waals surface area contributed by atoms with E-state index in [0.29, 0.717) is 0 Å². The third-order valence-corrected chi connectivity index (χ3v) is 2.30. The molecule has 0 aromatic carbocycles. The van der Waals surface area contributed by atoms with Gasteiger partial charge >= 0.3 is 5.97 Å². The molecule has 0 saturated heterocycles. The van der Waals surface area contributed by atoms with Crippen LogP contribution in [0.2, 0.25) is 0 Å². The molecule has 0 amide bonds. The summed E-state index contributed by atoms with van der Waals surface area (Å²) in [5, 5.41) is -0.502. The molecule has 0 radical (unpaired) electrons. The van der Waals surface area contributed by atoms with Gasteiger partial charge in [0.05, 0.1) is 6.42 Å². The van der Waals surface area contributed by atoms with Crippen molar-refractivity contribution in [3.05, 3.63) is 0 Å². The predicted molar refractivity (Wildman–Crippen MR) is 59.7 cm³/mol. The van der Waals surface area contributed by atoms with Crippen molar-refractivity contribution in [2.24, 2.45) is 11.8 Å². The van der Waals surface area contributed by atoms with Crippen molar-refractivity contribution in [2.45, 2.75) is 46.6 Å². The van der Waals surface area contributed by atoms with E-state index in [0.717, 1.165) is 0 Å². The smallest absolute Gasteiger partial charge is 0.306 e. The molecule has 0 spiro atoms. The van der Waals surface area contributed by atoms with E-state index >= 15 is 0 Å². The normalized spacial score (nSPS) is 11.2. The van der Waals surface area contributed by atoms with Gasteiger partial charge in [-0.1, -0.05) is 27.7 Å². The summed E-state index contributed by atoms with van der Waals surface area (Å²) in [7, 11) is 0. The van der Waals surface area contributed by atoms with Crippen LogP contribution in [-0.4, -0.2) is 17.3 Å². The first-order chi connectivity index (χ1) is 6.84. The summed E-state index contributed by atoms with van der Waals surface area (Å²) < 4.78 is 5.27. The molecule has 0 fully saturated rings. The summed E-state index contributed by atoms with van der Waals surface area (Å²) in [6.07, 6.45) is 0.0182. The highest BCUT2D eigenvalue weighted by Crippen LogP contribution is 2.17. The highest BCUT2D eigenvalue weighted by molar-refractivity contribution is 6.63. The van der Waals surface area contributed by atoms with E-state index in [4.69, 9.17) is 16.3 Å². The number of esters is 1. The van der Waals surface area contributed by atoms with Crippen molar-refractivity contribution in [1.82, 2.24) is 0 Å². The number of hydrogen-bond donors (Lipinski definition) is 0. The number of carbonyl (C=O) groups excluding carboxylic acids is 2. The second-order valence-corrected chi connectivity index (χ2v) is 4.72. The van der Waals surface area contributed by atoms with Crippen molar-refractivity contribution in [1.29, 1.82) is 0 Å². The Morgan fingerprint density at radius 2 is 1.53 bits per heavy atom. The van der Waals surface area contributed by atoms with Gasteiger partial charge in [-0.05, 0) is 23.4 Å². The molecule has 0 aromatic heterocycles. The number of ether oxygens (including phenoxy) is 1. The van der Waals surface area contributed by atoms with E-state index in [1.807, 2.05) is 27.7 Å². The molecule has 0 aliphatic rings. The van der Waals surface area contributed by atoms with Crippen LogP contribution in [0.1, 0.15) is 40.5 Å². The Balaban J connectivity index is 4.06. The average Bonchev–Trinajstić information content (AvgIpc) is 2.09. The van der Waals surface area contributed by atoms with Crippen molar-refractivity contribution < 1.29 is 14.3 Å². The van der Waals surface area contributed by atoms with Crippen LogP contribution in [0.15, 0.2) is 0 Å². The van der Waals surface area contributed by atoms with Gasteiger partial charge < -0.3 is 4.74 Å². The number of rotatable bonds is 6. The van der Waals surface area contributed by atoms with Crippen molar-refractivity contribution in [3.63, 3.8) is 0 Å². The molecular weight excluding hydrogens is 216 g/mol. The monoisotopic (exact) mass is 234 g/mol. The molecule has 88 valence electrons. The summed E-state index contributed by atoms with van der Waals surface area (Å²) in [6.45, 7) is 8.02. The van der Waals surface area contributed by atoms with Gasteiger partial charge in [-0.2, -0.15) is 0 Å². The van der Waals surface area contributed by atoms with Crippen molar-refractivity contribution in [3.8, 4) is 0 Å². The van der Waals surface area contributed by atoms with Gasteiger partial charge in [0.1, 0.15) is 6.10 Å². The number of carbonyl (C=O) groups is 2. The highest BCUT2D eigenvalue weighted by atomic mass is 35.5. The largest absolute Gasteiger partial charge is 0.462 e. The quantitative estimate of drug-likeness (QED) is 0.524. The maximum absolute atomic E-state index is 11.3. The van der Waals surface area contributed by atoms with E-state index in [2.05, 4.69) is 0 Å². The molecule has 0 aliphatic heterocycles. The summed E-state index contributed by atoms with van der Waals surface area (Å²) in [6, 6.07) is 0. The summed E-state index contributed by atoms with van der Waals surface area (Å²) in [5.41, 5.74) is 0. The lowest BCUT2D eigenvalue weighted by Gasteiger charge is -2.24.